The van der Waals surface area contributed by atoms with Crippen LogP contribution < -0.4 is 10.5 Å². The number of hydrogen-bond acceptors (Lipinski definition) is 4. The molecule has 0 radical (unpaired) electrons. The van der Waals surface area contributed by atoms with Crippen LogP contribution >= 0.6 is 22.9 Å². The SMILES string of the molecule is C=CCn1c(N(C)Cc2ccc(Cl)cc2)nc2sc3c(c2c1=O)CCCC3. The van der Waals surface area contributed by atoms with E-state index in [-0.39, 0.29) is 5.56 Å². The van der Waals surface area contributed by atoms with Gasteiger partial charge in [0.15, 0.2) is 0 Å². The summed E-state index contributed by atoms with van der Waals surface area (Å²) in [5.41, 5.74) is 2.40. The van der Waals surface area contributed by atoms with Gasteiger partial charge in [-0.2, -0.15) is 0 Å². The van der Waals surface area contributed by atoms with Gasteiger partial charge in [0.1, 0.15) is 4.83 Å². The standard InChI is InChI=1S/C21H22ClN3OS/c1-3-12-25-20(26)18-16-6-4-5-7-17(16)27-19(18)23-21(25)24(2)13-14-8-10-15(22)11-9-14/h3,8-11H,1,4-7,12-13H2,2H3. The van der Waals surface area contributed by atoms with Gasteiger partial charge in [-0.05, 0) is 48.9 Å². The van der Waals surface area contributed by atoms with E-state index in [9.17, 15) is 4.79 Å². The van der Waals surface area contributed by atoms with E-state index < -0.39 is 0 Å². The molecular formula is C21H22ClN3OS. The van der Waals surface area contributed by atoms with E-state index in [1.54, 1.807) is 22.0 Å². The maximum atomic E-state index is 13.3. The highest BCUT2D eigenvalue weighted by Crippen LogP contribution is 2.34. The topological polar surface area (TPSA) is 38.1 Å². The summed E-state index contributed by atoms with van der Waals surface area (Å²) in [5, 5.41) is 1.54. The third-order valence-corrected chi connectivity index (χ3v) is 6.48. The number of rotatable bonds is 5. The fourth-order valence-electron chi connectivity index (χ4n) is 3.75. The Hall–Kier alpha value is -2.11. The van der Waals surface area contributed by atoms with Gasteiger partial charge in [-0.3, -0.25) is 9.36 Å². The van der Waals surface area contributed by atoms with E-state index >= 15 is 0 Å². The third-order valence-electron chi connectivity index (χ3n) is 5.04. The number of fused-ring (bicyclic) bond motifs is 3. The minimum Gasteiger partial charge on any atom is -0.341 e. The van der Waals surface area contributed by atoms with Gasteiger partial charge in [0.25, 0.3) is 5.56 Å². The van der Waals surface area contributed by atoms with Crippen LogP contribution in [0, 0.1) is 0 Å². The molecule has 0 atom stereocenters. The summed E-state index contributed by atoms with van der Waals surface area (Å²) < 4.78 is 1.74. The Morgan fingerprint density at radius 2 is 2.04 bits per heavy atom. The molecule has 4 rings (SSSR count). The Labute approximate surface area is 167 Å². The molecule has 2 aromatic heterocycles. The Morgan fingerprint density at radius 3 is 2.78 bits per heavy atom. The average Bonchev–Trinajstić information content (AvgIpc) is 3.04. The summed E-state index contributed by atoms with van der Waals surface area (Å²) in [6.07, 6.45) is 6.16. The molecule has 1 aliphatic carbocycles. The molecule has 1 aromatic carbocycles. The lowest BCUT2D eigenvalue weighted by Crippen LogP contribution is -2.30. The zero-order chi connectivity index (χ0) is 19.0. The van der Waals surface area contributed by atoms with Crippen molar-refractivity contribution >= 4 is 39.1 Å². The summed E-state index contributed by atoms with van der Waals surface area (Å²) in [6.45, 7) is 4.93. The van der Waals surface area contributed by atoms with Crippen LogP contribution in [0.15, 0.2) is 41.7 Å². The van der Waals surface area contributed by atoms with Crippen molar-refractivity contribution in [3.8, 4) is 0 Å². The van der Waals surface area contributed by atoms with Crippen molar-refractivity contribution in [2.45, 2.75) is 38.8 Å². The number of allylic oxidation sites excluding steroid dienone is 1. The molecule has 0 fully saturated rings. The Balaban J connectivity index is 1.81. The molecule has 0 saturated carbocycles. The lowest BCUT2D eigenvalue weighted by Gasteiger charge is -2.22. The van der Waals surface area contributed by atoms with Gasteiger partial charge in [-0.25, -0.2) is 4.98 Å². The number of halogens is 1. The number of thiophene rings is 1. The predicted molar refractivity (Wildman–Crippen MR) is 114 cm³/mol. The van der Waals surface area contributed by atoms with E-state index in [0.717, 1.165) is 35.0 Å². The van der Waals surface area contributed by atoms with E-state index in [2.05, 4.69) is 6.58 Å². The molecule has 2 heterocycles. The van der Waals surface area contributed by atoms with Crippen LogP contribution in [0.1, 0.15) is 28.8 Å². The van der Waals surface area contributed by atoms with Crippen LogP contribution in [-0.2, 0) is 25.9 Å². The largest absolute Gasteiger partial charge is 0.341 e. The summed E-state index contributed by atoms with van der Waals surface area (Å²) in [4.78, 5) is 22.4. The fourth-order valence-corrected chi connectivity index (χ4v) is 5.12. The molecule has 4 nitrogen and oxygen atoms in total. The van der Waals surface area contributed by atoms with Crippen molar-refractivity contribution in [1.29, 1.82) is 0 Å². The Morgan fingerprint density at radius 1 is 1.30 bits per heavy atom. The number of nitrogens with zero attached hydrogens (tertiary/aromatic N) is 3. The molecule has 3 aromatic rings. The van der Waals surface area contributed by atoms with Crippen molar-refractivity contribution in [3.63, 3.8) is 0 Å². The first-order valence-electron chi connectivity index (χ1n) is 9.20. The summed E-state index contributed by atoms with van der Waals surface area (Å²) >= 11 is 7.67. The Bertz CT molecular complexity index is 1050. The van der Waals surface area contributed by atoms with Gasteiger partial charge in [-0.15, -0.1) is 17.9 Å². The van der Waals surface area contributed by atoms with Gasteiger partial charge < -0.3 is 4.90 Å². The lowest BCUT2D eigenvalue weighted by molar-refractivity contribution is 0.696. The van der Waals surface area contributed by atoms with E-state index in [4.69, 9.17) is 16.6 Å². The average molecular weight is 400 g/mol. The second-order valence-corrected chi connectivity index (χ2v) is 8.51. The predicted octanol–water partition coefficient (Wildman–Crippen LogP) is 4.81. The Kier molecular flexibility index (Phi) is 5.06. The van der Waals surface area contributed by atoms with Gasteiger partial charge in [0.2, 0.25) is 5.95 Å². The van der Waals surface area contributed by atoms with Gasteiger partial charge >= 0.3 is 0 Å². The first-order valence-corrected chi connectivity index (χ1v) is 10.4. The number of aryl methyl sites for hydroxylation is 2. The summed E-state index contributed by atoms with van der Waals surface area (Å²) in [6, 6.07) is 7.76. The van der Waals surface area contributed by atoms with Crippen LogP contribution in [0.4, 0.5) is 5.95 Å². The van der Waals surface area contributed by atoms with Crippen molar-refractivity contribution in [2.75, 3.05) is 11.9 Å². The lowest BCUT2D eigenvalue weighted by atomic mass is 9.97. The highest BCUT2D eigenvalue weighted by atomic mass is 35.5. The normalized spacial score (nSPS) is 13.6. The zero-order valence-electron chi connectivity index (χ0n) is 15.4. The molecule has 1 aliphatic rings. The van der Waals surface area contributed by atoms with E-state index in [1.807, 2.05) is 36.2 Å². The zero-order valence-corrected chi connectivity index (χ0v) is 16.9. The number of aromatic nitrogens is 2. The first kappa shape index (κ1) is 18.3. The number of anilines is 1. The molecule has 0 spiro atoms. The molecule has 0 aliphatic heterocycles. The van der Waals surface area contributed by atoms with Gasteiger partial charge in [0, 0.05) is 30.0 Å². The monoisotopic (exact) mass is 399 g/mol. The molecule has 140 valence electrons. The third kappa shape index (κ3) is 3.42. The number of benzene rings is 1. The molecule has 0 bridgehead atoms. The number of hydrogen-bond donors (Lipinski definition) is 0. The van der Waals surface area contributed by atoms with Crippen LogP contribution in [-0.4, -0.2) is 16.6 Å². The molecule has 0 amide bonds. The van der Waals surface area contributed by atoms with Crippen molar-refractivity contribution in [3.05, 3.63) is 68.3 Å². The van der Waals surface area contributed by atoms with Crippen molar-refractivity contribution in [2.24, 2.45) is 0 Å². The molecular weight excluding hydrogens is 378 g/mol. The summed E-state index contributed by atoms with van der Waals surface area (Å²) in [7, 11) is 1.97. The first-order chi connectivity index (χ1) is 13.1. The van der Waals surface area contributed by atoms with Gasteiger partial charge in [0.05, 0.1) is 5.39 Å². The van der Waals surface area contributed by atoms with Crippen LogP contribution in [0.25, 0.3) is 10.2 Å². The molecule has 0 unspecified atom stereocenters. The van der Waals surface area contributed by atoms with Gasteiger partial charge in [-0.1, -0.05) is 29.8 Å². The molecule has 0 saturated heterocycles. The molecule has 27 heavy (non-hydrogen) atoms. The quantitative estimate of drug-likeness (QED) is 0.577. The molecule has 6 heteroatoms. The maximum absolute atomic E-state index is 13.3. The minimum atomic E-state index is 0.0530. The second-order valence-electron chi connectivity index (χ2n) is 6.99. The summed E-state index contributed by atoms with van der Waals surface area (Å²) in [5.74, 6) is 0.681. The van der Waals surface area contributed by atoms with Crippen LogP contribution in [0.2, 0.25) is 5.02 Å². The second kappa shape index (κ2) is 7.49. The highest BCUT2D eigenvalue weighted by molar-refractivity contribution is 7.18. The minimum absolute atomic E-state index is 0.0530. The maximum Gasteiger partial charge on any atom is 0.264 e. The molecule has 0 N–H and O–H groups in total. The van der Waals surface area contributed by atoms with Crippen molar-refractivity contribution < 1.29 is 0 Å². The van der Waals surface area contributed by atoms with E-state index in [0.29, 0.717) is 24.1 Å². The fraction of sp³-hybridized carbons (Fsp3) is 0.333. The van der Waals surface area contributed by atoms with Crippen molar-refractivity contribution in [1.82, 2.24) is 9.55 Å². The van der Waals surface area contributed by atoms with Crippen LogP contribution in [0.5, 0.6) is 0 Å². The smallest absolute Gasteiger partial charge is 0.264 e. The van der Waals surface area contributed by atoms with E-state index in [1.165, 1.54) is 16.9 Å². The van der Waals surface area contributed by atoms with Crippen LogP contribution in [0.3, 0.4) is 0 Å². The highest BCUT2D eigenvalue weighted by Gasteiger charge is 2.23.